The van der Waals surface area contributed by atoms with E-state index in [2.05, 4.69) is 62.4 Å². The number of hydrogen-bond donors (Lipinski definition) is 0. The van der Waals surface area contributed by atoms with E-state index in [1.807, 2.05) is 0 Å². The number of hydrogen-bond acceptors (Lipinski definition) is 2. The van der Waals surface area contributed by atoms with E-state index in [0.29, 0.717) is 23.0 Å². The molecule has 2 heteroatoms. The minimum Gasteiger partial charge on any atom is -0.192 e. The van der Waals surface area contributed by atoms with Crippen molar-refractivity contribution in [2.45, 2.75) is 128 Å². The van der Waals surface area contributed by atoms with Gasteiger partial charge in [0.1, 0.15) is 12.1 Å². The normalized spacial score (nSPS) is 23.5. The molecule has 2 saturated carbocycles. The molecule has 2 fully saturated rings. The van der Waals surface area contributed by atoms with Gasteiger partial charge < -0.3 is 0 Å². The molecule has 0 N–H and O–H groups in total. The molecule has 0 radical (unpaired) electrons. The number of nitrogens with zero attached hydrogens (tertiary/aromatic N) is 2. The smallest absolute Gasteiger partial charge is 0.101 e. The topological polar surface area (TPSA) is 47.6 Å². The fraction of sp³-hybridized carbons (Fsp3) is 0.611. The Balaban J connectivity index is 1.42. The van der Waals surface area contributed by atoms with Crippen LogP contribution >= 0.6 is 0 Å². The molecular formula is C36H48N2. The highest BCUT2D eigenvalue weighted by Crippen LogP contribution is 2.42. The number of nitriles is 2. The summed E-state index contributed by atoms with van der Waals surface area (Å²) in [5, 5.41) is 20.3. The quantitative estimate of drug-likeness (QED) is 0.283. The van der Waals surface area contributed by atoms with E-state index in [-0.39, 0.29) is 0 Å². The summed E-state index contributed by atoms with van der Waals surface area (Å²) in [4.78, 5) is 0. The standard InChI is InChI=1S/C36H48N2/c1-3-5-7-9-27-11-15-29(16-12-27)30-19-21-32(22-20-30)34-24-23-33(35(25-37)36(34)26-38)31-17-13-28(14-18-31)10-8-6-4-2/h19-24,27-29,31H,3-18H2,1-2H3. The zero-order chi connectivity index (χ0) is 26.7. The van der Waals surface area contributed by atoms with Gasteiger partial charge in [-0.3, -0.25) is 0 Å². The van der Waals surface area contributed by atoms with Gasteiger partial charge in [0, 0.05) is 5.56 Å². The molecular weight excluding hydrogens is 460 g/mol. The van der Waals surface area contributed by atoms with E-state index < -0.39 is 0 Å². The molecule has 0 aromatic heterocycles. The van der Waals surface area contributed by atoms with Crippen molar-refractivity contribution in [2.24, 2.45) is 11.8 Å². The largest absolute Gasteiger partial charge is 0.192 e. The van der Waals surface area contributed by atoms with Gasteiger partial charge in [-0.25, -0.2) is 0 Å². The van der Waals surface area contributed by atoms with Gasteiger partial charge in [-0.05, 0) is 91.7 Å². The summed E-state index contributed by atoms with van der Waals surface area (Å²) in [6, 6.07) is 18.0. The van der Waals surface area contributed by atoms with Crippen molar-refractivity contribution < 1.29 is 0 Å². The molecule has 0 heterocycles. The first-order chi connectivity index (χ1) is 18.7. The summed E-state index contributed by atoms with van der Waals surface area (Å²) in [5.41, 5.74) is 5.69. The molecule has 0 unspecified atom stereocenters. The first kappa shape index (κ1) is 28.4. The molecule has 0 bridgehead atoms. The van der Waals surface area contributed by atoms with Crippen LogP contribution in [0.1, 0.15) is 151 Å². The highest BCUT2D eigenvalue weighted by atomic mass is 14.3. The van der Waals surface area contributed by atoms with Gasteiger partial charge in [-0.1, -0.05) is 102 Å². The van der Waals surface area contributed by atoms with Gasteiger partial charge in [0.05, 0.1) is 11.1 Å². The van der Waals surface area contributed by atoms with Crippen molar-refractivity contribution in [1.29, 1.82) is 10.5 Å². The van der Waals surface area contributed by atoms with Crippen LogP contribution in [0.15, 0.2) is 36.4 Å². The Morgan fingerprint density at radius 1 is 0.605 bits per heavy atom. The lowest BCUT2D eigenvalue weighted by Gasteiger charge is -2.30. The molecule has 0 saturated heterocycles. The highest BCUT2D eigenvalue weighted by molar-refractivity contribution is 5.75. The molecule has 38 heavy (non-hydrogen) atoms. The van der Waals surface area contributed by atoms with Gasteiger partial charge in [-0.15, -0.1) is 0 Å². The van der Waals surface area contributed by atoms with Crippen molar-refractivity contribution >= 4 is 0 Å². The molecule has 2 aromatic carbocycles. The Hall–Kier alpha value is -2.58. The maximum absolute atomic E-state index is 10.1. The number of benzene rings is 2. The van der Waals surface area contributed by atoms with Crippen LogP contribution in [0.4, 0.5) is 0 Å². The summed E-state index contributed by atoms with van der Waals surface area (Å²) in [5.74, 6) is 2.84. The van der Waals surface area contributed by atoms with Crippen LogP contribution < -0.4 is 0 Å². The van der Waals surface area contributed by atoms with Crippen molar-refractivity contribution in [2.75, 3.05) is 0 Å². The van der Waals surface area contributed by atoms with Crippen molar-refractivity contribution in [3.63, 3.8) is 0 Å². The first-order valence-electron chi connectivity index (χ1n) is 15.8. The molecule has 2 aliphatic rings. The Labute approximate surface area is 232 Å². The Morgan fingerprint density at radius 3 is 1.63 bits per heavy atom. The van der Waals surface area contributed by atoms with E-state index >= 15 is 0 Å². The molecule has 2 aromatic rings. The summed E-state index contributed by atoms with van der Waals surface area (Å²) >= 11 is 0. The minimum atomic E-state index is 0.410. The second-order valence-electron chi connectivity index (χ2n) is 12.2. The summed E-state index contributed by atoms with van der Waals surface area (Å²) in [6.07, 6.45) is 20.9. The second kappa shape index (κ2) is 14.5. The van der Waals surface area contributed by atoms with Gasteiger partial charge in [0.15, 0.2) is 0 Å². The summed E-state index contributed by atoms with van der Waals surface area (Å²) < 4.78 is 0. The van der Waals surface area contributed by atoms with Crippen LogP contribution in [-0.4, -0.2) is 0 Å². The van der Waals surface area contributed by atoms with E-state index in [1.54, 1.807) is 0 Å². The third-order valence-corrected chi connectivity index (χ3v) is 9.72. The van der Waals surface area contributed by atoms with Crippen molar-refractivity contribution in [3.05, 3.63) is 58.7 Å². The summed E-state index contributed by atoms with van der Waals surface area (Å²) in [7, 11) is 0. The van der Waals surface area contributed by atoms with E-state index in [4.69, 9.17) is 0 Å². The SMILES string of the molecule is CCCCCC1CCC(c2ccc(-c3ccc(C4CCC(CCCCC)CC4)c(C#N)c3C#N)cc2)CC1. The highest BCUT2D eigenvalue weighted by Gasteiger charge is 2.26. The van der Waals surface area contributed by atoms with Gasteiger partial charge >= 0.3 is 0 Å². The third-order valence-electron chi connectivity index (χ3n) is 9.72. The Morgan fingerprint density at radius 2 is 1.13 bits per heavy atom. The van der Waals surface area contributed by atoms with Gasteiger partial charge in [-0.2, -0.15) is 10.5 Å². The lowest BCUT2D eigenvalue weighted by atomic mass is 9.75. The van der Waals surface area contributed by atoms with Crippen LogP contribution in [0.3, 0.4) is 0 Å². The third kappa shape index (κ3) is 7.08. The van der Waals surface area contributed by atoms with Crippen LogP contribution in [-0.2, 0) is 0 Å². The van der Waals surface area contributed by atoms with Crippen LogP contribution in [0.5, 0.6) is 0 Å². The lowest BCUT2D eigenvalue weighted by Crippen LogP contribution is -2.15. The number of unbranched alkanes of at least 4 members (excludes halogenated alkanes) is 4. The van der Waals surface area contributed by atoms with E-state index in [0.717, 1.165) is 41.4 Å². The average molecular weight is 509 g/mol. The minimum absolute atomic E-state index is 0.410. The van der Waals surface area contributed by atoms with Crippen molar-refractivity contribution in [3.8, 4) is 23.3 Å². The predicted molar refractivity (Wildman–Crippen MR) is 159 cm³/mol. The van der Waals surface area contributed by atoms with Crippen LogP contribution in [0, 0.1) is 34.5 Å². The molecule has 2 nitrogen and oxygen atoms in total. The maximum Gasteiger partial charge on any atom is 0.101 e. The number of rotatable bonds is 11. The van der Waals surface area contributed by atoms with Gasteiger partial charge in [0.25, 0.3) is 0 Å². The monoisotopic (exact) mass is 508 g/mol. The Kier molecular flexibility index (Phi) is 10.9. The molecule has 0 atom stereocenters. The van der Waals surface area contributed by atoms with Crippen LogP contribution in [0.25, 0.3) is 11.1 Å². The second-order valence-corrected chi connectivity index (χ2v) is 12.2. The van der Waals surface area contributed by atoms with E-state index in [1.165, 1.54) is 95.5 Å². The Bertz CT molecular complexity index is 1080. The molecule has 2 aliphatic carbocycles. The molecule has 202 valence electrons. The van der Waals surface area contributed by atoms with Crippen LogP contribution in [0.2, 0.25) is 0 Å². The summed E-state index contributed by atoms with van der Waals surface area (Å²) in [6.45, 7) is 4.56. The first-order valence-corrected chi connectivity index (χ1v) is 15.8. The maximum atomic E-state index is 10.1. The fourth-order valence-electron chi connectivity index (χ4n) is 7.28. The lowest BCUT2D eigenvalue weighted by molar-refractivity contribution is 0.302. The molecule has 0 aliphatic heterocycles. The predicted octanol–water partition coefficient (Wildman–Crippen LogP) is 10.8. The van der Waals surface area contributed by atoms with E-state index in [9.17, 15) is 10.5 Å². The molecule has 0 amide bonds. The van der Waals surface area contributed by atoms with Crippen molar-refractivity contribution in [1.82, 2.24) is 0 Å². The zero-order valence-corrected chi connectivity index (χ0v) is 24.0. The molecule has 0 spiro atoms. The average Bonchev–Trinajstić information content (AvgIpc) is 2.97. The van der Waals surface area contributed by atoms with Gasteiger partial charge in [0.2, 0.25) is 0 Å². The zero-order valence-electron chi connectivity index (χ0n) is 24.0. The molecule has 4 rings (SSSR count). The fourth-order valence-corrected chi connectivity index (χ4v) is 7.28.